The largest absolute Gasteiger partial charge is 0.493 e. The molecule has 3 aromatic rings. The highest BCUT2D eigenvalue weighted by molar-refractivity contribution is 5.66. The Hall–Kier alpha value is -2.56. The van der Waals surface area contributed by atoms with E-state index < -0.39 is 0 Å². The van der Waals surface area contributed by atoms with Crippen molar-refractivity contribution in [3.8, 4) is 22.8 Å². The van der Waals surface area contributed by atoms with Crippen LogP contribution in [0.5, 0.6) is 11.5 Å². The Morgan fingerprint density at radius 2 is 1.69 bits per heavy atom. The summed E-state index contributed by atoms with van der Waals surface area (Å²) < 4.78 is 13.9. The van der Waals surface area contributed by atoms with E-state index in [1.165, 1.54) is 50.6 Å². The van der Waals surface area contributed by atoms with Gasteiger partial charge in [0.2, 0.25) is 0 Å². The number of ether oxygens (including phenoxy) is 2. The Morgan fingerprint density at radius 3 is 2.48 bits per heavy atom. The molecule has 2 heterocycles. The fraction of sp³-hybridized carbons (Fsp3) is 0.500. The van der Waals surface area contributed by atoms with Crippen molar-refractivity contribution in [2.24, 2.45) is 0 Å². The van der Waals surface area contributed by atoms with E-state index in [-0.39, 0.29) is 0 Å². The first-order valence-electron chi connectivity index (χ1n) is 11.0. The fourth-order valence-electron chi connectivity index (χ4n) is 4.84. The molecular weight excluding hydrogens is 362 g/mol. The number of nitrogens with zero attached hydrogens (tertiary/aromatic N) is 3. The molecule has 2 saturated carbocycles. The van der Waals surface area contributed by atoms with Gasteiger partial charge in [-0.05, 0) is 62.8 Å². The van der Waals surface area contributed by atoms with Gasteiger partial charge in [-0.25, -0.2) is 9.50 Å². The molecule has 0 saturated heterocycles. The molecule has 0 radical (unpaired) electrons. The highest BCUT2D eigenvalue weighted by Crippen LogP contribution is 2.36. The van der Waals surface area contributed by atoms with Crippen molar-refractivity contribution in [1.29, 1.82) is 0 Å². The molecular formula is C24H29N3O2. The Balaban J connectivity index is 1.51. The second-order valence-electron chi connectivity index (χ2n) is 8.39. The minimum atomic E-state index is 0.291. The molecule has 0 aliphatic heterocycles. The first-order chi connectivity index (χ1) is 14.3. The molecule has 2 aliphatic carbocycles. The van der Waals surface area contributed by atoms with Crippen molar-refractivity contribution in [3.63, 3.8) is 0 Å². The van der Waals surface area contributed by atoms with E-state index in [1.807, 2.05) is 22.8 Å². The zero-order valence-electron chi connectivity index (χ0n) is 17.1. The van der Waals surface area contributed by atoms with E-state index in [4.69, 9.17) is 14.6 Å². The van der Waals surface area contributed by atoms with E-state index >= 15 is 0 Å². The van der Waals surface area contributed by atoms with Gasteiger partial charge in [0.1, 0.15) is 0 Å². The van der Waals surface area contributed by atoms with Gasteiger partial charge >= 0.3 is 0 Å². The van der Waals surface area contributed by atoms with Crippen LogP contribution in [0.1, 0.15) is 69.4 Å². The van der Waals surface area contributed by atoms with Crippen LogP contribution in [0.2, 0.25) is 0 Å². The Morgan fingerprint density at radius 1 is 0.897 bits per heavy atom. The highest BCUT2D eigenvalue weighted by Gasteiger charge is 2.21. The standard InChI is InChI=1S/C24H29N3O2/c1-28-22-12-11-18(15-23(22)29-19-9-5-6-10-19)21-13-14-25-24-16-20(26-27(21)24)17-7-3-2-4-8-17/h11-17,19H,2-10H2,1H3. The lowest BCUT2D eigenvalue weighted by Crippen LogP contribution is -2.11. The average molecular weight is 392 g/mol. The fourth-order valence-corrected chi connectivity index (χ4v) is 4.84. The van der Waals surface area contributed by atoms with Crippen LogP contribution in [0.3, 0.4) is 0 Å². The number of benzene rings is 1. The first-order valence-corrected chi connectivity index (χ1v) is 11.0. The predicted octanol–water partition coefficient (Wildman–Crippen LogP) is 5.77. The van der Waals surface area contributed by atoms with Gasteiger partial charge in [0, 0.05) is 23.7 Å². The topological polar surface area (TPSA) is 48.7 Å². The maximum Gasteiger partial charge on any atom is 0.162 e. The minimum Gasteiger partial charge on any atom is -0.493 e. The van der Waals surface area contributed by atoms with Crippen LogP contribution < -0.4 is 9.47 Å². The van der Waals surface area contributed by atoms with E-state index in [0.717, 1.165) is 41.2 Å². The number of fused-ring (bicyclic) bond motifs is 1. The van der Waals surface area contributed by atoms with Gasteiger partial charge in [-0.15, -0.1) is 0 Å². The molecule has 29 heavy (non-hydrogen) atoms. The summed E-state index contributed by atoms with van der Waals surface area (Å²) in [5, 5.41) is 4.97. The Bertz CT molecular complexity index is 985. The summed E-state index contributed by atoms with van der Waals surface area (Å²) in [6.45, 7) is 0. The summed E-state index contributed by atoms with van der Waals surface area (Å²) >= 11 is 0. The van der Waals surface area contributed by atoms with Crippen molar-refractivity contribution >= 4 is 5.65 Å². The molecule has 5 heteroatoms. The maximum absolute atomic E-state index is 6.30. The third-order valence-corrected chi connectivity index (χ3v) is 6.46. The van der Waals surface area contributed by atoms with Gasteiger partial charge in [0.05, 0.1) is 24.6 Å². The molecule has 0 amide bonds. The van der Waals surface area contributed by atoms with Crippen molar-refractivity contribution in [3.05, 3.63) is 42.2 Å². The van der Waals surface area contributed by atoms with Crippen molar-refractivity contribution in [1.82, 2.24) is 14.6 Å². The molecule has 2 fully saturated rings. The van der Waals surface area contributed by atoms with Gasteiger partial charge in [0.15, 0.2) is 17.1 Å². The minimum absolute atomic E-state index is 0.291. The normalized spacial score (nSPS) is 18.4. The summed E-state index contributed by atoms with van der Waals surface area (Å²) in [5.74, 6) is 2.17. The molecule has 0 unspecified atom stereocenters. The molecule has 2 aliphatic rings. The van der Waals surface area contributed by atoms with E-state index in [1.54, 1.807) is 7.11 Å². The monoisotopic (exact) mass is 391 g/mol. The summed E-state index contributed by atoms with van der Waals surface area (Å²) in [6.07, 6.45) is 13.3. The number of hydrogen-bond donors (Lipinski definition) is 0. The van der Waals surface area contributed by atoms with Crippen molar-refractivity contribution in [2.45, 2.75) is 69.8 Å². The zero-order chi connectivity index (χ0) is 19.6. The van der Waals surface area contributed by atoms with E-state index in [9.17, 15) is 0 Å². The number of aromatic nitrogens is 3. The summed E-state index contributed by atoms with van der Waals surface area (Å²) in [7, 11) is 1.70. The smallest absolute Gasteiger partial charge is 0.162 e. The van der Waals surface area contributed by atoms with Gasteiger partial charge in [0.25, 0.3) is 0 Å². The lowest BCUT2D eigenvalue weighted by molar-refractivity contribution is 0.201. The molecule has 0 N–H and O–H groups in total. The molecule has 152 valence electrons. The van der Waals surface area contributed by atoms with Crippen LogP contribution >= 0.6 is 0 Å². The van der Waals surface area contributed by atoms with Gasteiger partial charge in [-0.3, -0.25) is 0 Å². The van der Waals surface area contributed by atoms with Crippen LogP contribution in [-0.4, -0.2) is 27.8 Å². The molecule has 2 aromatic heterocycles. The quantitative estimate of drug-likeness (QED) is 0.554. The Labute approximate surface area is 172 Å². The third kappa shape index (κ3) is 3.70. The van der Waals surface area contributed by atoms with Crippen LogP contribution in [0.25, 0.3) is 16.9 Å². The molecule has 5 nitrogen and oxygen atoms in total. The van der Waals surface area contributed by atoms with E-state index in [0.29, 0.717) is 12.0 Å². The molecule has 0 spiro atoms. The van der Waals surface area contributed by atoms with Crippen molar-refractivity contribution in [2.75, 3.05) is 7.11 Å². The van der Waals surface area contributed by atoms with Gasteiger partial charge in [-0.2, -0.15) is 5.10 Å². The number of hydrogen-bond acceptors (Lipinski definition) is 4. The first kappa shape index (κ1) is 18.5. The SMILES string of the molecule is COc1ccc(-c2ccnc3cc(C4CCCCC4)nn23)cc1OC1CCCC1. The summed E-state index contributed by atoms with van der Waals surface area (Å²) in [4.78, 5) is 4.57. The van der Waals surface area contributed by atoms with Crippen LogP contribution in [0.4, 0.5) is 0 Å². The highest BCUT2D eigenvalue weighted by atomic mass is 16.5. The predicted molar refractivity (Wildman–Crippen MR) is 114 cm³/mol. The Kier molecular flexibility index (Phi) is 5.13. The second-order valence-corrected chi connectivity index (χ2v) is 8.39. The van der Waals surface area contributed by atoms with Crippen LogP contribution in [-0.2, 0) is 0 Å². The zero-order valence-corrected chi connectivity index (χ0v) is 17.1. The van der Waals surface area contributed by atoms with Crippen LogP contribution in [0.15, 0.2) is 36.5 Å². The number of rotatable bonds is 5. The van der Waals surface area contributed by atoms with Gasteiger partial charge < -0.3 is 9.47 Å². The van der Waals surface area contributed by atoms with E-state index in [2.05, 4.69) is 23.2 Å². The lowest BCUT2D eigenvalue weighted by Gasteiger charge is -2.19. The molecule has 0 atom stereocenters. The maximum atomic E-state index is 6.30. The molecule has 1 aromatic carbocycles. The van der Waals surface area contributed by atoms with Crippen LogP contribution in [0, 0.1) is 0 Å². The van der Waals surface area contributed by atoms with Gasteiger partial charge in [-0.1, -0.05) is 19.3 Å². The second kappa shape index (κ2) is 8.05. The third-order valence-electron chi connectivity index (χ3n) is 6.46. The van der Waals surface area contributed by atoms with Crippen molar-refractivity contribution < 1.29 is 9.47 Å². The average Bonchev–Trinajstić information content (AvgIpc) is 3.44. The molecule has 0 bridgehead atoms. The summed E-state index contributed by atoms with van der Waals surface area (Å²) in [6, 6.07) is 10.4. The lowest BCUT2D eigenvalue weighted by atomic mass is 9.87. The summed E-state index contributed by atoms with van der Waals surface area (Å²) in [5.41, 5.74) is 4.21. The number of methoxy groups -OCH3 is 1. The molecule has 5 rings (SSSR count).